The predicted octanol–water partition coefficient (Wildman–Crippen LogP) is 2.33. The number of amides is 2. The van der Waals surface area contributed by atoms with Gasteiger partial charge in [0.15, 0.2) is 16.5 Å². The second-order valence-corrected chi connectivity index (χ2v) is 10.8. The fraction of sp³-hybridized carbons (Fsp3) is 0.500. The molecule has 5 rings (SSSR count). The Morgan fingerprint density at radius 2 is 1.80 bits per heavy atom. The van der Waals surface area contributed by atoms with Gasteiger partial charge in [0, 0.05) is 18.7 Å². The number of nitrogens with zero attached hydrogens (tertiary/aromatic N) is 4. The Labute approximate surface area is 207 Å². The Hall–Kier alpha value is -2.86. The zero-order valence-corrected chi connectivity index (χ0v) is 20.9. The number of carbonyl (C=O) groups is 2. The van der Waals surface area contributed by atoms with Crippen LogP contribution in [-0.2, 0) is 15.0 Å². The Balaban J connectivity index is 1.40. The number of benzene rings is 1. The minimum atomic E-state index is -0.404. The number of hydrogen-bond donors (Lipinski definition) is 2. The molecule has 186 valence electrons. The molecule has 0 spiro atoms. The minimum absolute atomic E-state index is 0.102. The molecule has 2 saturated heterocycles. The van der Waals surface area contributed by atoms with E-state index in [0.717, 1.165) is 13.1 Å². The molecule has 2 atom stereocenters. The van der Waals surface area contributed by atoms with E-state index >= 15 is 0 Å². The molecule has 10 nitrogen and oxygen atoms in total. The van der Waals surface area contributed by atoms with Crippen molar-refractivity contribution in [2.24, 2.45) is 0 Å². The predicted molar refractivity (Wildman–Crippen MR) is 133 cm³/mol. The van der Waals surface area contributed by atoms with E-state index in [0.29, 0.717) is 53.2 Å². The first-order valence-electron chi connectivity index (χ1n) is 11.8. The first kappa shape index (κ1) is 23.9. The van der Waals surface area contributed by atoms with E-state index in [1.807, 2.05) is 39.0 Å². The number of morpholine rings is 1. The van der Waals surface area contributed by atoms with E-state index in [1.165, 1.54) is 11.3 Å². The van der Waals surface area contributed by atoms with Crippen molar-refractivity contribution in [3.05, 3.63) is 41.6 Å². The molecule has 2 fully saturated rings. The van der Waals surface area contributed by atoms with Gasteiger partial charge in [-0.25, -0.2) is 4.68 Å². The van der Waals surface area contributed by atoms with Gasteiger partial charge in [-0.05, 0) is 32.9 Å². The highest BCUT2D eigenvalue weighted by Crippen LogP contribution is 2.32. The smallest absolute Gasteiger partial charge is 0.273 e. The van der Waals surface area contributed by atoms with E-state index in [9.17, 15) is 9.59 Å². The summed E-state index contributed by atoms with van der Waals surface area (Å²) in [6.45, 7) is 10.1. The van der Waals surface area contributed by atoms with Gasteiger partial charge in [-0.3, -0.25) is 19.8 Å². The van der Waals surface area contributed by atoms with Crippen LogP contribution in [-0.4, -0.2) is 83.1 Å². The van der Waals surface area contributed by atoms with Gasteiger partial charge >= 0.3 is 0 Å². The molecule has 35 heavy (non-hydrogen) atoms. The van der Waals surface area contributed by atoms with Gasteiger partial charge < -0.3 is 14.8 Å². The molecule has 2 aromatic heterocycles. The van der Waals surface area contributed by atoms with Crippen LogP contribution in [0.5, 0.6) is 0 Å². The van der Waals surface area contributed by atoms with Crippen LogP contribution in [0.1, 0.15) is 41.6 Å². The van der Waals surface area contributed by atoms with Gasteiger partial charge in [-0.1, -0.05) is 29.5 Å². The summed E-state index contributed by atoms with van der Waals surface area (Å²) in [6.07, 6.45) is 0. The Morgan fingerprint density at radius 1 is 1.06 bits per heavy atom. The first-order chi connectivity index (χ1) is 16.8. The molecule has 2 N–H and O–H groups in total. The zero-order valence-electron chi connectivity index (χ0n) is 20.1. The van der Waals surface area contributed by atoms with Crippen LogP contribution < -0.4 is 10.6 Å². The summed E-state index contributed by atoms with van der Waals surface area (Å²) in [6, 6.07) is 8.93. The van der Waals surface area contributed by atoms with Crippen LogP contribution in [0.15, 0.2) is 30.3 Å². The third-order valence-electron chi connectivity index (χ3n) is 6.21. The molecule has 3 aromatic rings. The summed E-state index contributed by atoms with van der Waals surface area (Å²) in [7, 11) is 0. The Bertz CT molecular complexity index is 1210. The number of nitrogens with one attached hydrogen (secondary N) is 2. The van der Waals surface area contributed by atoms with Crippen molar-refractivity contribution in [3.8, 4) is 0 Å². The summed E-state index contributed by atoms with van der Waals surface area (Å²) in [4.78, 5) is 33.0. The molecule has 4 heterocycles. The average Bonchev–Trinajstić information content (AvgIpc) is 3.55. The molecular formula is C24H30N6O4S. The lowest BCUT2D eigenvalue weighted by molar-refractivity contribution is 0.0108. The fourth-order valence-electron chi connectivity index (χ4n) is 4.42. The van der Waals surface area contributed by atoms with Gasteiger partial charge in [-0.15, -0.1) is 0 Å². The number of hydrogen-bond acceptors (Lipinski definition) is 8. The quantitative estimate of drug-likeness (QED) is 0.556. The number of fused-ring (bicyclic) bond motifs is 1. The number of anilines is 1. The van der Waals surface area contributed by atoms with Crippen molar-refractivity contribution >= 4 is 38.6 Å². The maximum Gasteiger partial charge on any atom is 0.273 e. The van der Waals surface area contributed by atoms with Crippen molar-refractivity contribution in [2.75, 3.05) is 44.8 Å². The van der Waals surface area contributed by atoms with Gasteiger partial charge in [0.05, 0.1) is 44.1 Å². The van der Waals surface area contributed by atoms with Gasteiger partial charge in [0.25, 0.3) is 11.8 Å². The monoisotopic (exact) mass is 498 g/mol. The largest absolute Gasteiger partial charge is 0.379 e. The van der Waals surface area contributed by atoms with Crippen molar-refractivity contribution in [3.63, 3.8) is 0 Å². The standard InChI is InChI=1S/C24H30N6O4S/c1-24(2,3)30-20-19(35-23(26-20)27-21(31)15-7-5-4-6-8-15)18(28-30)22(32)25-16-13-34-14-17(16)29-9-11-33-12-10-29/h4-8,16-17H,9-14H2,1-3H3,(H,25,32)(H,26,27,31)/t16-,17-/m1/s1. The fourth-order valence-corrected chi connectivity index (χ4v) is 5.34. The molecule has 1 aromatic carbocycles. The molecule has 2 amide bonds. The van der Waals surface area contributed by atoms with Crippen LogP contribution in [0.2, 0.25) is 0 Å². The average molecular weight is 499 g/mol. The summed E-state index contributed by atoms with van der Waals surface area (Å²) < 4.78 is 13.6. The molecular weight excluding hydrogens is 468 g/mol. The molecule has 2 aliphatic rings. The van der Waals surface area contributed by atoms with Crippen LogP contribution >= 0.6 is 11.3 Å². The molecule has 0 aliphatic carbocycles. The van der Waals surface area contributed by atoms with E-state index < -0.39 is 5.54 Å². The lowest BCUT2D eigenvalue weighted by atomic mass is 10.1. The summed E-state index contributed by atoms with van der Waals surface area (Å²) in [5, 5.41) is 11.1. The third-order valence-corrected chi connectivity index (χ3v) is 7.18. The van der Waals surface area contributed by atoms with Gasteiger partial charge in [-0.2, -0.15) is 10.1 Å². The highest BCUT2D eigenvalue weighted by molar-refractivity contribution is 7.22. The van der Waals surface area contributed by atoms with Crippen molar-refractivity contribution in [1.82, 2.24) is 25.0 Å². The topological polar surface area (TPSA) is 111 Å². The Kier molecular flexibility index (Phi) is 6.58. The Morgan fingerprint density at radius 3 is 2.51 bits per heavy atom. The lowest BCUT2D eigenvalue weighted by Crippen LogP contribution is -2.54. The van der Waals surface area contributed by atoms with E-state index in [2.05, 4.69) is 25.6 Å². The molecule has 2 aliphatic heterocycles. The van der Waals surface area contributed by atoms with Gasteiger partial charge in [0.2, 0.25) is 0 Å². The molecule has 0 bridgehead atoms. The maximum atomic E-state index is 13.4. The van der Waals surface area contributed by atoms with Crippen molar-refractivity contribution < 1.29 is 19.1 Å². The van der Waals surface area contributed by atoms with Crippen LogP contribution in [0.4, 0.5) is 5.13 Å². The van der Waals surface area contributed by atoms with Crippen LogP contribution in [0.3, 0.4) is 0 Å². The van der Waals surface area contributed by atoms with Gasteiger partial charge in [0.1, 0.15) is 4.70 Å². The number of ether oxygens (including phenoxy) is 2. The van der Waals surface area contributed by atoms with Crippen LogP contribution in [0.25, 0.3) is 10.3 Å². The molecule has 0 saturated carbocycles. The van der Waals surface area contributed by atoms with Crippen molar-refractivity contribution in [2.45, 2.75) is 38.4 Å². The minimum Gasteiger partial charge on any atom is -0.379 e. The third kappa shape index (κ3) is 4.94. The van der Waals surface area contributed by atoms with E-state index in [1.54, 1.807) is 16.8 Å². The van der Waals surface area contributed by atoms with Crippen molar-refractivity contribution in [1.29, 1.82) is 0 Å². The zero-order chi connectivity index (χ0) is 24.6. The number of thiazole rings is 1. The first-order valence-corrected chi connectivity index (χ1v) is 12.6. The molecule has 0 radical (unpaired) electrons. The summed E-state index contributed by atoms with van der Waals surface area (Å²) in [5.41, 5.74) is 1.01. The maximum absolute atomic E-state index is 13.4. The second-order valence-electron chi connectivity index (χ2n) is 9.76. The second kappa shape index (κ2) is 9.65. The van der Waals surface area contributed by atoms with E-state index in [-0.39, 0.29) is 23.9 Å². The number of aromatic nitrogens is 3. The van der Waals surface area contributed by atoms with Crippen LogP contribution in [0, 0.1) is 0 Å². The SMILES string of the molecule is CC(C)(C)n1nc(C(=O)N[C@@H]2COC[C@H]2N2CCOCC2)c2sc(NC(=O)c3ccccc3)nc21. The van der Waals surface area contributed by atoms with E-state index in [4.69, 9.17) is 9.47 Å². The number of rotatable bonds is 5. The summed E-state index contributed by atoms with van der Waals surface area (Å²) in [5.74, 6) is -0.518. The lowest BCUT2D eigenvalue weighted by Gasteiger charge is -2.34. The molecule has 0 unspecified atom stereocenters. The highest BCUT2D eigenvalue weighted by atomic mass is 32.1. The number of carbonyl (C=O) groups excluding carboxylic acids is 2. The highest BCUT2D eigenvalue weighted by Gasteiger charge is 2.36. The normalized spacial score (nSPS) is 21.3. The summed E-state index contributed by atoms with van der Waals surface area (Å²) >= 11 is 1.25. The molecule has 11 heteroatoms.